The molecule has 0 radical (unpaired) electrons. The summed E-state index contributed by atoms with van der Waals surface area (Å²) in [5.74, 6) is 0.454. The molecule has 2 heterocycles. The Labute approximate surface area is 185 Å². The number of nitrogens with zero attached hydrogens (tertiary/aromatic N) is 1. The highest BCUT2D eigenvalue weighted by atomic mass is 35.5. The predicted molar refractivity (Wildman–Crippen MR) is 114 cm³/mol. The molecule has 2 aromatic carbocycles. The molecule has 0 unspecified atom stereocenters. The maximum Gasteiger partial charge on any atom is 0.229 e. The van der Waals surface area contributed by atoms with Crippen molar-refractivity contribution in [3.63, 3.8) is 0 Å². The lowest BCUT2D eigenvalue weighted by atomic mass is 9.99. The van der Waals surface area contributed by atoms with E-state index < -0.39 is 37.3 Å². The molecule has 5 rings (SSSR count). The van der Waals surface area contributed by atoms with E-state index in [2.05, 4.69) is 4.98 Å². The van der Waals surface area contributed by atoms with Crippen molar-refractivity contribution in [1.82, 2.24) is 4.98 Å². The van der Waals surface area contributed by atoms with Gasteiger partial charge in [0.2, 0.25) is 6.29 Å². The molecule has 1 saturated heterocycles. The van der Waals surface area contributed by atoms with Crippen molar-refractivity contribution in [2.24, 2.45) is 0 Å². The fourth-order valence-corrected chi connectivity index (χ4v) is 4.02. The fourth-order valence-electron chi connectivity index (χ4n) is 3.81. The number of para-hydroxylation sites is 1. The molecule has 1 aliphatic carbocycles. The Morgan fingerprint density at radius 1 is 1.03 bits per heavy atom. The summed E-state index contributed by atoms with van der Waals surface area (Å²) >= 11 is 6.18. The SMILES string of the molecule is O=c1cc2oc3c(Cl)cccc3nc-2c2cc(O[C@@H]3O[C@H](CO)[C@H](O)[C@H](O)[C@H]3O)ccc12. The molecule has 0 spiro atoms. The summed E-state index contributed by atoms with van der Waals surface area (Å²) in [5.41, 5.74) is 0.983. The quantitative estimate of drug-likeness (QED) is 0.263. The lowest BCUT2D eigenvalue weighted by Gasteiger charge is -2.39. The van der Waals surface area contributed by atoms with Crippen LogP contribution in [-0.4, -0.2) is 62.7 Å². The second-order valence-electron chi connectivity index (χ2n) is 7.55. The van der Waals surface area contributed by atoms with E-state index in [0.29, 0.717) is 32.6 Å². The number of ether oxygens (including phenoxy) is 2. The Balaban J connectivity index is 1.60. The first-order valence-electron chi connectivity index (χ1n) is 9.80. The summed E-state index contributed by atoms with van der Waals surface area (Å²) in [6.07, 6.45) is -7.10. The number of hydrogen-bond acceptors (Lipinski definition) is 9. The summed E-state index contributed by atoms with van der Waals surface area (Å²) in [4.78, 5) is 17.2. The van der Waals surface area contributed by atoms with E-state index in [1.54, 1.807) is 30.3 Å². The lowest BCUT2D eigenvalue weighted by molar-refractivity contribution is -0.277. The zero-order chi connectivity index (χ0) is 22.6. The van der Waals surface area contributed by atoms with E-state index in [-0.39, 0.29) is 16.9 Å². The Bertz CT molecular complexity index is 1340. The van der Waals surface area contributed by atoms with Crippen molar-refractivity contribution in [2.75, 3.05) is 6.61 Å². The van der Waals surface area contributed by atoms with E-state index in [1.807, 2.05) is 0 Å². The highest BCUT2D eigenvalue weighted by Crippen LogP contribution is 2.34. The third kappa shape index (κ3) is 3.39. The van der Waals surface area contributed by atoms with Gasteiger partial charge in [-0.15, -0.1) is 0 Å². The number of aliphatic hydroxyl groups excluding tert-OH is 4. The average Bonchev–Trinajstić information content (AvgIpc) is 2.79. The molecule has 0 amide bonds. The molecule has 3 aliphatic rings. The van der Waals surface area contributed by atoms with Crippen LogP contribution in [0, 0.1) is 0 Å². The first-order valence-corrected chi connectivity index (χ1v) is 10.2. The number of fused-ring (bicyclic) bond motifs is 4. The van der Waals surface area contributed by atoms with Gasteiger partial charge in [-0.1, -0.05) is 17.7 Å². The second-order valence-corrected chi connectivity index (χ2v) is 7.95. The van der Waals surface area contributed by atoms with E-state index in [9.17, 15) is 25.2 Å². The van der Waals surface area contributed by atoms with Crippen molar-refractivity contribution in [2.45, 2.75) is 30.7 Å². The smallest absolute Gasteiger partial charge is 0.229 e. The van der Waals surface area contributed by atoms with Crippen molar-refractivity contribution in [1.29, 1.82) is 0 Å². The molecule has 2 aromatic rings. The minimum absolute atomic E-state index is 0.210. The summed E-state index contributed by atoms with van der Waals surface area (Å²) < 4.78 is 16.9. The van der Waals surface area contributed by atoms with Gasteiger partial charge >= 0.3 is 0 Å². The minimum Gasteiger partial charge on any atom is -0.462 e. The second kappa shape index (κ2) is 7.96. The van der Waals surface area contributed by atoms with Gasteiger partial charge in [-0.2, -0.15) is 0 Å². The molecular weight excluding hydrogens is 442 g/mol. The van der Waals surface area contributed by atoms with Crippen molar-refractivity contribution < 1.29 is 34.3 Å². The van der Waals surface area contributed by atoms with E-state index >= 15 is 0 Å². The molecule has 1 fully saturated rings. The van der Waals surface area contributed by atoms with Crippen LogP contribution in [0.25, 0.3) is 33.3 Å². The van der Waals surface area contributed by atoms with Crippen LogP contribution in [-0.2, 0) is 4.74 Å². The molecule has 9 nitrogen and oxygen atoms in total. The van der Waals surface area contributed by atoms with Gasteiger partial charge in [0.25, 0.3) is 0 Å². The number of rotatable bonds is 3. The van der Waals surface area contributed by atoms with Crippen molar-refractivity contribution in [3.8, 4) is 17.2 Å². The molecule has 32 heavy (non-hydrogen) atoms. The highest BCUT2D eigenvalue weighted by Gasteiger charge is 2.44. The zero-order valence-electron chi connectivity index (χ0n) is 16.4. The van der Waals surface area contributed by atoms with Crippen molar-refractivity contribution >= 4 is 33.5 Å². The Hall–Kier alpha value is -2.79. The van der Waals surface area contributed by atoms with Crippen LogP contribution < -0.4 is 10.2 Å². The normalized spacial score (nSPS) is 26.1. The highest BCUT2D eigenvalue weighted by molar-refractivity contribution is 6.34. The van der Waals surface area contributed by atoms with Gasteiger partial charge in [0.1, 0.15) is 41.4 Å². The first kappa shape index (κ1) is 21.1. The molecule has 2 aliphatic heterocycles. The van der Waals surface area contributed by atoms with Crippen LogP contribution >= 0.6 is 11.6 Å². The van der Waals surface area contributed by atoms with Gasteiger partial charge in [0.15, 0.2) is 16.8 Å². The molecule has 166 valence electrons. The van der Waals surface area contributed by atoms with E-state index in [1.165, 1.54) is 12.1 Å². The number of hydrogen-bond donors (Lipinski definition) is 4. The fraction of sp³-hybridized carbons (Fsp3) is 0.273. The number of aromatic nitrogens is 1. The maximum absolute atomic E-state index is 12.6. The molecule has 4 N–H and O–H groups in total. The van der Waals surface area contributed by atoms with Crippen LogP contribution in [0.5, 0.6) is 5.75 Å². The standard InChI is InChI=1S/C22H18ClNO8/c23-12-2-1-3-13-21(12)31-15-7-14(26)10-5-4-9(6-11(10)17(15)24-13)30-22-20(29)19(28)18(27)16(8-25)32-22/h1-7,16,18-20,22,25,27-29H,8H2/t16-,18+,19+,20-,22-/m1/s1. The molecule has 0 aromatic heterocycles. The van der Waals surface area contributed by atoms with Gasteiger partial charge in [-0.3, -0.25) is 4.79 Å². The number of halogens is 1. The topological polar surface area (TPSA) is 142 Å². The van der Waals surface area contributed by atoms with Crippen LogP contribution in [0.2, 0.25) is 5.02 Å². The molecule has 0 bridgehead atoms. The van der Waals surface area contributed by atoms with Crippen LogP contribution in [0.4, 0.5) is 0 Å². The van der Waals surface area contributed by atoms with Gasteiger partial charge < -0.3 is 34.3 Å². The summed E-state index contributed by atoms with van der Waals surface area (Å²) in [5, 5.41) is 40.7. The van der Waals surface area contributed by atoms with E-state index in [0.717, 1.165) is 0 Å². The van der Waals surface area contributed by atoms with Gasteiger partial charge in [-0.05, 0) is 30.3 Å². The molecule has 10 heteroatoms. The molecule has 0 saturated carbocycles. The molecule has 5 atom stereocenters. The largest absolute Gasteiger partial charge is 0.462 e. The predicted octanol–water partition coefficient (Wildman–Crippen LogP) is 1.28. The Kier molecular flexibility index (Phi) is 5.25. The minimum atomic E-state index is -1.57. The van der Waals surface area contributed by atoms with Crippen LogP contribution in [0.1, 0.15) is 0 Å². The van der Waals surface area contributed by atoms with Crippen LogP contribution in [0.3, 0.4) is 0 Å². The van der Waals surface area contributed by atoms with E-state index in [4.69, 9.17) is 25.5 Å². The van der Waals surface area contributed by atoms with Crippen molar-refractivity contribution in [3.05, 3.63) is 57.7 Å². The summed E-state index contributed by atoms with van der Waals surface area (Å²) in [6, 6.07) is 11.1. The molecular formula is C22H18ClNO8. The third-order valence-corrected chi connectivity index (χ3v) is 5.80. The third-order valence-electron chi connectivity index (χ3n) is 5.50. The van der Waals surface area contributed by atoms with Gasteiger partial charge in [-0.25, -0.2) is 4.98 Å². The lowest BCUT2D eigenvalue weighted by Crippen LogP contribution is -2.60. The van der Waals surface area contributed by atoms with Crippen LogP contribution in [0.15, 0.2) is 51.7 Å². The van der Waals surface area contributed by atoms with Gasteiger partial charge in [0, 0.05) is 16.8 Å². The average molecular weight is 460 g/mol. The van der Waals surface area contributed by atoms with Gasteiger partial charge in [0.05, 0.1) is 11.6 Å². The Morgan fingerprint density at radius 3 is 2.62 bits per heavy atom. The number of benzene rings is 3. The maximum atomic E-state index is 12.6. The summed E-state index contributed by atoms with van der Waals surface area (Å²) in [7, 11) is 0. The number of aliphatic hydroxyl groups is 4. The monoisotopic (exact) mass is 459 g/mol. The zero-order valence-corrected chi connectivity index (χ0v) is 17.1. The Morgan fingerprint density at radius 2 is 1.84 bits per heavy atom. The first-order chi connectivity index (χ1) is 15.4. The summed E-state index contributed by atoms with van der Waals surface area (Å²) in [6.45, 7) is -0.576.